The van der Waals surface area contributed by atoms with Gasteiger partial charge in [0.25, 0.3) is 5.91 Å². The summed E-state index contributed by atoms with van der Waals surface area (Å²) in [6.07, 6.45) is 0.778. The molecule has 5 heteroatoms. The molecular weight excluding hydrogens is 218 g/mol. The number of primary amides is 1. The Labute approximate surface area is 101 Å². The Balaban J connectivity index is 3.14. The van der Waals surface area contributed by atoms with E-state index in [0.29, 0.717) is 23.4 Å². The van der Waals surface area contributed by atoms with Gasteiger partial charge >= 0.3 is 0 Å². The molecule has 0 radical (unpaired) electrons. The summed E-state index contributed by atoms with van der Waals surface area (Å²) < 4.78 is 1.84. The standard InChI is InChI=1S/C12H19N3O2/c1-4-14-5-6-15-9(3)11(12(13)17)8(2)10(15)7-16/h7,14H,4-6H2,1-3H3,(H2,13,17). The van der Waals surface area contributed by atoms with Gasteiger partial charge in [-0.2, -0.15) is 0 Å². The van der Waals surface area contributed by atoms with Crippen molar-refractivity contribution in [2.24, 2.45) is 5.73 Å². The summed E-state index contributed by atoms with van der Waals surface area (Å²) in [5.41, 5.74) is 7.75. The average Bonchev–Trinajstić information content (AvgIpc) is 2.50. The van der Waals surface area contributed by atoms with E-state index in [2.05, 4.69) is 5.32 Å². The summed E-state index contributed by atoms with van der Waals surface area (Å²) in [6, 6.07) is 0. The Morgan fingerprint density at radius 1 is 1.47 bits per heavy atom. The molecule has 0 bridgehead atoms. The Morgan fingerprint density at radius 3 is 2.59 bits per heavy atom. The number of hydrogen-bond acceptors (Lipinski definition) is 3. The number of carbonyl (C=O) groups is 2. The normalized spacial score (nSPS) is 10.5. The van der Waals surface area contributed by atoms with E-state index in [4.69, 9.17) is 5.73 Å². The van der Waals surface area contributed by atoms with Gasteiger partial charge in [0, 0.05) is 18.8 Å². The van der Waals surface area contributed by atoms with E-state index < -0.39 is 5.91 Å². The van der Waals surface area contributed by atoms with Crippen molar-refractivity contribution in [3.05, 3.63) is 22.5 Å². The van der Waals surface area contributed by atoms with E-state index in [-0.39, 0.29) is 0 Å². The van der Waals surface area contributed by atoms with E-state index in [1.165, 1.54) is 0 Å². The first kappa shape index (κ1) is 13.4. The number of carbonyl (C=O) groups excluding carboxylic acids is 2. The maximum atomic E-state index is 11.3. The predicted octanol–water partition coefficient (Wildman–Crippen LogP) is 0.626. The van der Waals surface area contributed by atoms with Gasteiger partial charge in [-0.3, -0.25) is 9.59 Å². The fourth-order valence-electron chi connectivity index (χ4n) is 2.09. The summed E-state index contributed by atoms with van der Waals surface area (Å²) in [4.78, 5) is 22.4. The topological polar surface area (TPSA) is 77.1 Å². The van der Waals surface area contributed by atoms with Crippen molar-refractivity contribution in [1.29, 1.82) is 0 Å². The van der Waals surface area contributed by atoms with Crippen LogP contribution in [0.3, 0.4) is 0 Å². The third-order valence-corrected chi connectivity index (χ3v) is 2.94. The van der Waals surface area contributed by atoms with Gasteiger partial charge in [0.2, 0.25) is 0 Å². The number of likely N-dealkylation sites (N-methyl/N-ethyl adjacent to an activating group) is 1. The van der Waals surface area contributed by atoms with Crippen molar-refractivity contribution in [2.45, 2.75) is 27.3 Å². The SMILES string of the molecule is CCNCCn1c(C)c(C(N)=O)c(C)c1C=O. The molecule has 0 spiro atoms. The molecule has 0 aromatic carbocycles. The van der Waals surface area contributed by atoms with E-state index in [1.807, 2.05) is 18.4 Å². The molecule has 0 aliphatic rings. The molecule has 0 aliphatic carbocycles. The molecule has 94 valence electrons. The lowest BCUT2D eigenvalue weighted by Gasteiger charge is -2.09. The lowest BCUT2D eigenvalue weighted by atomic mass is 10.1. The van der Waals surface area contributed by atoms with E-state index >= 15 is 0 Å². The molecule has 0 saturated carbocycles. The molecule has 1 aromatic rings. The molecule has 3 N–H and O–H groups in total. The van der Waals surface area contributed by atoms with Crippen LogP contribution in [-0.2, 0) is 6.54 Å². The first-order chi connectivity index (χ1) is 8.04. The zero-order chi connectivity index (χ0) is 13.0. The van der Waals surface area contributed by atoms with Gasteiger partial charge < -0.3 is 15.6 Å². The summed E-state index contributed by atoms with van der Waals surface area (Å²) in [5, 5.41) is 3.18. The number of nitrogens with one attached hydrogen (secondary N) is 1. The Hall–Kier alpha value is -1.62. The van der Waals surface area contributed by atoms with Gasteiger partial charge in [-0.15, -0.1) is 0 Å². The summed E-state index contributed by atoms with van der Waals surface area (Å²) >= 11 is 0. The predicted molar refractivity (Wildman–Crippen MR) is 66.4 cm³/mol. The zero-order valence-electron chi connectivity index (χ0n) is 10.5. The highest BCUT2D eigenvalue weighted by molar-refractivity contribution is 5.98. The lowest BCUT2D eigenvalue weighted by molar-refractivity contribution is 0.0999. The van der Waals surface area contributed by atoms with Crippen LogP contribution >= 0.6 is 0 Å². The largest absolute Gasteiger partial charge is 0.366 e. The minimum Gasteiger partial charge on any atom is -0.366 e. The van der Waals surface area contributed by atoms with Crippen LogP contribution in [0.25, 0.3) is 0 Å². The molecule has 0 aliphatic heterocycles. The zero-order valence-corrected chi connectivity index (χ0v) is 10.5. The van der Waals surface area contributed by atoms with Crippen molar-refractivity contribution in [3.8, 4) is 0 Å². The van der Waals surface area contributed by atoms with Crippen LogP contribution in [0.15, 0.2) is 0 Å². The molecule has 1 amide bonds. The lowest BCUT2D eigenvalue weighted by Crippen LogP contribution is -2.21. The van der Waals surface area contributed by atoms with E-state index in [9.17, 15) is 9.59 Å². The number of amides is 1. The van der Waals surface area contributed by atoms with E-state index in [1.54, 1.807) is 6.92 Å². The van der Waals surface area contributed by atoms with Crippen LogP contribution in [0.1, 0.15) is 39.0 Å². The molecule has 0 fully saturated rings. The molecule has 0 saturated heterocycles. The first-order valence-corrected chi connectivity index (χ1v) is 5.69. The second kappa shape index (κ2) is 5.63. The number of nitrogens with two attached hydrogens (primary N) is 1. The number of aromatic nitrogens is 1. The van der Waals surface area contributed by atoms with Gasteiger partial charge in [0.1, 0.15) is 0 Å². The quantitative estimate of drug-likeness (QED) is 0.562. The Morgan fingerprint density at radius 2 is 2.12 bits per heavy atom. The van der Waals surface area contributed by atoms with Crippen LogP contribution in [0.5, 0.6) is 0 Å². The summed E-state index contributed by atoms with van der Waals surface area (Å²) in [7, 11) is 0. The third kappa shape index (κ3) is 2.55. The van der Waals surface area contributed by atoms with Gasteiger partial charge in [-0.1, -0.05) is 6.92 Å². The first-order valence-electron chi connectivity index (χ1n) is 5.69. The van der Waals surface area contributed by atoms with Crippen molar-refractivity contribution < 1.29 is 9.59 Å². The summed E-state index contributed by atoms with van der Waals surface area (Å²) in [5.74, 6) is -0.481. The molecule has 1 aromatic heterocycles. The van der Waals surface area contributed by atoms with Crippen molar-refractivity contribution in [2.75, 3.05) is 13.1 Å². The molecule has 5 nitrogen and oxygen atoms in total. The fourth-order valence-corrected chi connectivity index (χ4v) is 2.09. The third-order valence-electron chi connectivity index (χ3n) is 2.94. The molecule has 1 rings (SSSR count). The number of hydrogen-bond donors (Lipinski definition) is 2. The number of nitrogens with zero attached hydrogens (tertiary/aromatic N) is 1. The number of aldehydes is 1. The number of rotatable bonds is 6. The molecule has 0 unspecified atom stereocenters. The van der Waals surface area contributed by atoms with Crippen LogP contribution in [-0.4, -0.2) is 29.8 Å². The highest BCUT2D eigenvalue weighted by atomic mass is 16.1. The average molecular weight is 237 g/mol. The van der Waals surface area contributed by atoms with Gasteiger partial charge in [-0.05, 0) is 26.0 Å². The van der Waals surface area contributed by atoms with Crippen molar-refractivity contribution in [3.63, 3.8) is 0 Å². The molecular formula is C12H19N3O2. The fraction of sp³-hybridized carbons (Fsp3) is 0.500. The minimum atomic E-state index is -0.481. The summed E-state index contributed by atoms with van der Waals surface area (Å²) in [6.45, 7) is 7.86. The molecule has 1 heterocycles. The highest BCUT2D eigenvalue weighted by Gasteiger charge is 2.19. The van der Waals surface area contributed by atoms with Crippen molar-refractivity contribution in [1.82, 2.24) is 9.88 Å². The maximum Gasteiger partial charge on any atom is 0.250 e. The van der Waals surface area contributed by atoms with Crippen molar-refractivity contribution >= 4 is 12.2 Å². The Kier molecular flexibility index (Phi) is 4.45. The molecule has 0 atom stereocenters. The maximum absolute atomic E-state index is 11.3. The molecule has 17 heavy (non-hydrogen) atoms. The van der Waals surface area contributed by atoms with Gasteiger partial charge in [0.05, 0.1) is 11.3 Å². The highest BCUT2D eigenvalue weighted by Crippen LogP contribution is 2.20. The second-order valence-corrected chi connectivity index (χ2v) is 3.96. The van der Waals surface area contributed by atoms with Gasteiger partial charge in [-0.25, -0.2) is 0 Å². The monoisotopic (exact) mass is 237 g/mol. The smallest absolute Gasteiger partial charge is 0.250 e. The second-order valence-electron chi connectivity index (χ2n) is 3.96. The van der Waals surface area contributed by atoms with E-state index in [0.717, 1.165) is 25.1 Å². The van der Waals surface area contributed by atoms with Gasteiger partial charge in [0.15, 0.2) is 6.29 Å². The van der Waals surface area contributed by atoms with Crippen LogP contribution in [0.2, 0.25) is 0 Å². The Bertz CT molecular complexity index is 435. The van der Waals surface area contributed by atoms with Crippen LogP contribution in [0, 0.1) is 13.8 Å². The minimum absolute atomic E-state index is 0.462. The van der Waals surface area contributed by atoms with Crippen LogP contribution in [0.4, 0.5) is 0 Å². The van der Waals surface area contributed by atoms with Crippen LogP contribution < -0.4 is 11.1 Å².